The molecular weight excluding hydrogens is 635 g/mol. The number of amides is 3. The Labute approximate surface area is 280 Å². The van der Waals surface area contributed by atoms with Crippen molar-refractivity contribution in [2.75, 3.05) is 51.9 Å². The monoisotopic (exact) mass is 684 g/mol. The van der Waals surface area contributed by atoms with E-state index in [-0.39, 0.29) is 43.0 Å². The SMILES string of the molecule is CC(C)C(C=O)NC(=O)CNC=O.CCC(C)(C)OCCN(C)N=[N+]=[N-].CS(=O)O.[B]C(=O)OCc1ccc(NC(=O)CNC)cc1. The molecule has 47 heavy (non-hydrogen) atoms. The molecule has 0 saturated heterocycles. The number of ether oxygens (including phenoxy) is 2. The van der Waals surface area contributed by atoms with Crippen molar-refractivity contribution in [1.82, 2.24) is 21.0 Å². The number of likely N-dealkylation sites (N-methyl/N-ethyl adjacent to an activating group) is 2. The van der Waals surface area contributed by atoms with E-state index in [2.05, 4.69) is 43.1 Å². The van der Waals surface area contributed by atoms with Crippen molar-refractivity contribution < 1.29 is 42.2 Å². The molecule has 17 nitrogen and oxygen atoms in total. The number of rotatable bonds is 17. The Balaban J connectivity index is -0.000000591. The van der Waals surface area contributed by atoms with Crippen molar-refractivity contribution in [3.63, 3.8) is 0 Å². The fraction of sp³-hybridized carbons (Fsp3) is 0.607. The molecule has 0 aromatic heterocycles. The first kappa shape index (κ1) is 47.4. The highest BCUT2D eigenvalue weighted by molar-refractivity contribution is 7.78. The van der Waals surface area contributed by atoms with E-state index < -0.39 is 23.0 Å². The molecule has 2 radical (unpaired) electrons. The van der Waals surface area contributed by atoms with Crippen LogP contribution in [0.3, 0.4) is 0 Å². The van der Waals surface area contributed by atoms with E-state index in [1.54, 1.807) is 38.4 Å². The molecule has 2 atom stereocenters. The summed E-state index contributed by atoms with van der Waals surface area (Å²) in [5.41, 5.74) is 9.52. The van der Waals surface area contributed by atoms with Crippen LogP contribution in [0.4, 0.5) is 10.5 Å². The predicted octanol–water partition coefficient (Wildman–Crippen LogP) is 1.91. The van der Waals surface area contributed by atoms with Gasteiger partial charge in [0.05, 0.1) is 38.4 Å². The second-order valence-electron chi connectivity index (χ2n) is 10.3. The molecule has 0 aliphatic carbocycles. The normalized spacial score (nSPS) is 11.1. The van der Waals surface area contributed by atoms with Crippen molar-refractivity contribution in [2.45, 2.75) is 59.3 Å². The van der Waals surface area contributed by atoms with E-state index in [0.29, 0.717) is 31.5 Å². The maximum atomic E-state index is 11.3. The summed E-state index contributed by atoms with van der Waals surface area (Å²) in [5.74, 6) is -1.24. The zero-order valence-electron chi connectivity index (χ0n) is 28.3. The highest BCUT2D eigenvalue weighted by Crippen LogP contribution is 2.13. The van der Waals surface area contributed by atoms with Gasteiger partial charge in [-0.15, -0.1) is 5.53 Å². The zero-order chi connectivity index (χ0) is 36.8. The van der Waals surface area contributed by atoms with Crippen molar-refractivity contribution in [2.24, 2.45) is 11.1 Å². The average molecular weight is 685 g/mol. The maximum absolute atomic E-state index is 11.3. The summed E-state index contributed by atoms with van der Waals surface area (Å²) in [5, 5.41) is 15.1. The minimum absolute atomic E-state index is 0.0534. The lowest BCUT2D eigenvalue weighted by Gasteiger charge is -2.23. The predicted molar refractivity (Wildman–Crippen MR) is 181 cm³/mol. The second-order valence-corrected chi connectivity index (χ2v) is 11.1. The van der Waals surface area contributed by atoms with Gasteiger partial charge in [-0.2, -0.15) is 4.91 Å². The third kappa shape index (κ3) is 33.2. The molecule has 0 spiro atoms. The zero-order valence-corrected chi connectivity index (χ0v) is 29.2. The Hall–Kier alpha value is -4.03. The first-order chi connectivity index (χ1) is 22.0. The average Bonchev–Trinajstić information content (AvgIpc) is 2.99. The van der Waals surface area contributed by atoms with Crippen LogP contribution in [0, 0.1) is 5.92 Å². The number of aldehydes is 1. The number of hydrogen-bond acceptors (Lipinski definition) is 10. The lowest BCUT2D eigenvalue weighted by molar-refractivity contribution is -0.125. The van der Waals surface area contributed by atoms with Gasteiger partial charge < -0.3 is 40.1 Å². The third-order valence-corrected chi connectivity index (χ3v) is 5.45. The van der Waals surface area contributed by atoms with Gasteiger partial charge in [0.2, 0.25) is 31.9 Å². The molecule has 0 aliphatic rings. The topological polar surface area (TPSA) is 241 Å². The van der Waals surface area contributed by atoms with Crippen molar-refractivity contribution >= 4 is 55.0 Å². The lowest BCUT2D eigenvalue weighted by atomic mass is 10.1. The van der Waals surface area contributed by atoms with Crippen LogP contribution in [-0.2, 0) is 46.3 Å². The molecule has 1 rings (SSSR count). The van der Waals surface area contributed by atoms with Gasteiger partial charge in [-0.1, -0.05) is 32.9 Å². The summed E-state index contributed by atoms with van der Waals surface area (Å²) in [6.45, 7) is 11.3. The summed E-state index contributed by atoms with van der Waals surface area (Å²) in [6, 6.07) is 6.47. The summed E-state index contributed by atoms with van der Waals surface area (Å²) >= 11 is -1.61. The van der Waals surface area contributed by atoms with Crippen molar-refractivity contribution in [3.05, 3.63) is 40.3 Å². The van der Waals surface area contributed by atoms with Gasteiger partial charge in [-0.3, -0.25) is 19.2 Å². The van der Waals surface area contributed by atoms with Crippen LogP contribution in [0.25, 0.3) is 10.4 Å². The molecule has 0 bridgehead atoms. The van der Waals surface area contributed by atoms with Crippen molar-refractivity contribution in [1.29, 1.82) is 0 Å². The van der Waals surface area contributed by atoms with Crippen LogP contribution in [0.1, 0.15) is 46.6 Å². The lowest BCUT2D eigenvalue weighted by Crippen LogP contribution is -2.43. The largest absolute Gasteiger partial charge is 0.470 e. The molecule has 0 aliphatic heterocycles. The van der Waals surface area contributed by atoms with Gasteiger partial charge >= 0.3 is 0 Å². The van der Waals surface area contributed by atoms with Gasteiger partial charge in [0.1, 0.15) is 30.5 Å². The molecule has 1 aromatic rings. The van der Waals surface area contributed by atoms with Crippen LogP contribution >= 0.6 is 0 Å². The molecule has 5 N–H and O–H groups in total. The standard InChI is InChI=1S/C11H13BN2O3.C8H18N4O.C8H14N2O3.CH4O2S/c1-13-6-10(15)14-9-4-2-8(3-5-9)7-17-11(12)16;1-5-8(2,3)13-7-6-12(4)11-10-9;1-6(2)7(4-11)10-8(13)3-9-5-12;1-4(2)3/h2-5,13H,6-7H2,1H3,(H,14,15);5-7H2,1-4H3;4-7H,3H2,1-2H3,(H,9,12)(H,10,13);1H3,(H,2,3). The van der Waals surface area contributed by atoms with E-state index in [1.807, 2.05) is 27.7 Å². The van der Waals surface area contributed by atoms with E-state index in [0.717, 1.165) is 12.0 Å². The number of carbonyl (C=O) groups excluding carboxylic acids is 5. The molecule has 0 fully saturated rings. The minimum atomic E-state index is -1.61. The quantitative estimate of drug-likeness (QED) is 0.0302. The van der Waals surface area contributed by atoms with Crippen LogP contribution in [-0.4, -0.2) is 110 Å². The Morgan fingerprint density at radius 3 is 2.17 bits per heavy atom. The number of benzene rings is 1. The van der Waals surface area contributed by atoms with E-state index in [9.17, 15) is 24.0 Å². The van der Waals surface area contributed by atoms with Crippen molar-refractivity contribution in [3.8, 4) is 0 Å². The molecule has 19 heteroatoms. The summed E-state index contributed by atoms with van der Waals surface area (Å²) in [4.78, 5) is 55.6. The highest BCUT2D eigenvalue weighted by atomic mass is 32.2. The Morgan fingerprint density at radius 2 is 1.74 bits per heavy atom. The summed E-state index contributed by atoms with van der Waals surface area (Å²) in [7, 11) is 8.27. The van der Waals surface area contributed by atoms with Gasteiger partial charge in [-0.05, 0) is 56.2 Å². The van der Waals surface area contributed by atoms with Gasteiger partial charge in [0, 0.05) is 11.9 Å². The van der Waals surface area contributed by atoms with Crippen LogP contribution in [0.15, 0.2) is 29.5 Å². The number of carbonyl (C=O) groups is 5. The second kappa shape index (κ2) is 29.4. The minimum Gasteiger partial charge on any atom is -0.470 e. The highest BCUT2D eigenvalue weighted by Gasteiger charge is 2.15. The smallest absolute Gasteiger partial charge is 0.239 e. The van der Waals surface area contributed by atoms with Crippen LogP contribution in [0.5, 0.6) is 0 Å². The van der Waals surface area contributed by atoms with E-state index in [4.69, 9.17) is 26.9 Å². The molecule has 264 valence electrons. The van der Waals surface area contributed by atoms with Crippen LogP contribution < -0.4 is 21.3 Å². The Bertz CT molecular complexity index is 1120. The Morgan fingerprint density at radius 1 is 1.17 bits per heavy atom. The molecule has 0 heterocycles. The van der Waals surface area contributed by atoms with Crippen LogP contribution in [0.2, 0.25) is 0 Å². The van der Waals surface area contributed by atoms with E-state index >= 15 is 0 Å². The van der Waals surface area contributed by atoms with Gasteiger partial charge in [0.15, 0.2) is 0 Å². The Kier molecular flexibility index (Phi) is 29.6. The number of nitrogens with zero attached hydrogens (tertiary/aromatic N) is 4. The molecule has 1 aromatic carbocycles. The fourth-order valence-electron chi connectivity index (χ4n) is 2.60. The first-order valence-corrected chi connectivity index (χ1v) is 15.8. The summed E-state index contributed by atoms with van der Waals surface area (Å²) < 4.78 is 26.8. The number of nitrogens with one attached hydrogen (secondary N) is 4. The fourth-order valence-corrected chi connectivity index (χ4v) is 2.60. The molecule has 2 unspecified atom stereocenters. The molecular formula is C28H49BN8O9S. The maximum Gasteiger partial charge on any atom is 0.239 e. The number of anilines is 1. The molecule has 3 amide bonds. The molecule has 0 saturated carbocycles. The van der Waals surface area contributed by atoms with Gasteiger partial charge in [-0.25, -0.2) is 9.22 Å². The first-order valence-electron chi connectivity index (χ1n) is 14.3. The van der Waals surface area contributed by atoms with E-state index in [1.165, 1.54) is 11.3 Å². The number of azide groups is 1. The summed E-state index contributed by atoms with van der Waals surface area (Å²) in [6.07, 6.45) is 3.28. The van der Waals surface area contributed by atoms with Gasteiger partial charge in [0.25, 0.3) is 0 Å². The number of hydrogen-bond donors (Lipinski definition) is 5. The third-order valence-electron chi connectivity index (χ3n) is 5.45.